The molecule has 2 aromatic heterocycles. The Labute approximate surface area is 216 Å². The number of hydrogen-bond acceptors (Lipinski definition) is 5. The number of aromatic nitrogens is 2. The number of nitrogens with zero attached hydrogens (tertiary/aromatic N) is 3. The van der Waals surface area contributed by atoms with Crippen LogP contribution in [-0.4, -0.2) is 39.9 Å². The number of halogens is 1. The summed E-state index contributed by atoms with van der Waals surface area (Å²) in [5.41, 5.74) is 1.89. The molecule has 0 bridgehead atoms. The third kappa shape index (κ3) is 4.47. The van der Waals surface area contributed by atoms with Crippen molar-refractivity contribution in [1.82, 2.24) is 14.0 Å². The molecule has 0 fully saturated rings. The van der Waals surface area contributed by atoms with Gasteiger partial charge in [-0.3, -0.25) is 19.0 Å². The summed E-state index contributed by atoms with van der Waals surface area (Å²) in [6.07, 6.45) is 0. The quantitative estimate of drug-likeness (QED) is 0.425. The van der Waals surface area contributed by atoms with Gasteiger partial charge >= 0.3 is 5.69 Å². The van der Waals surface area contributed by atoms with E-state index in [9.17, 15) is 19.2 Å². The molecule has 2 amide bonds. The Morgan fingerprint density at radius 2 is 1.75 bits per heavy atom. The van der Waals surface area contributed by atoms with Gasteiger partial charge in [-0.25, -0.2) is 9.36 Å². The maximum absolute atomic E-state index is 13.7. The topological polar surface area (TPSA) is 93.4 Å². The summed E-state index contributed by atoms with van der Waals surface area (Å²) in [6, 6.07) is 12.1. The van der Waals surface area contributed by atoms with Gasteiger partial charge in [0.05, 0.1) is 21.0 Å². The molecule has 0 spiro atoms. The van der Waals surface area contributed by atoms with Crippen LogP contribution >= 0.6 is 22.9 Å². The van der Waals surface area contributed by atoms with Crippen LogP contribution in [-0.2, 0) is 11.3 Å². The van der Waals surface area contributed by atoms with E-state index in [0.717, 1.165) is 27.0 Å². The van der Waals surface area contributed by atoms with E-state index in [1.807, 2.05) is 26.0 Å². The van der Waals surface area contributed by atoms with E-state index < -0.39 is 17.2 Å². The van der Waals surface area contributed by atoms with Gasteiger partial charge in [-0.15, -0.1) is 11.3 Å². The van der Waals surface area contributed by atoms with E-state index in [-0.39, 0.29) is 33.4 Å². The fourth-order valence-corrected chi connectivity index (χ4v) is 5.56. The molecule has 4 rings (SSSR count). The highest BCUT2D eigenvalue weighted by Gasteiger charge is 2.26. The van der Waals surface area contributed by atoms with Gasteiger partial charge in [0.2, 0.25) is 5.91 Å². The van der Waals surface area contributed by atoms with Crippen LogP contribution in [0.3, 0.4) is 0 Å². The van der Waals surface area contributed by atoms with Crippen molar-refractivity contribution in [3.63, 3.8) is 0 Å². The molecule has 0 atom stereocenters. The van der Waals surface area contributed by atoms with Gasteiger partial charge in [0.1, 0.15) is 11.4 Å². The first-order valence-electron chi connectivity index (χ1n) is 11.1. The predicted octanol–water partition coefficient (Wildman–Crippen LogP) is 4.13. The summed E-state index contributed by atoms with van der Waals surface area (Å²) in [5.74, 6) is -0.739. The molecule has 0 aliphatic rings. The molecule has 186 valence electrons. The number of thiophene rings is 1. The Morgan fingerprint density at radius 3 is 2.39 bits per heavy atom. The summed E-state index contributed by atoms with van der Waals surface area (Å²) in [5, 5.41) is 3.25. The first-order chi connectivity index (χ1) is 17.0. The average Bonchev–Trinajstić information content (AvgIpc) is 3.16. The first kappa shape index (κ1) is 25.4. The zero-order chi connectivity index (χ0) is 26.3. The minimum atomic E-state index is -0.721. The van der Waals surface area contributed by atoms with Gasteiger partial charge in [-0.2, -0.15) is 0 Å². The second kappa shape index (κ2) is 9.75. The third-order valence-corrected chi connectivity index (χ3v) is 7.49. The normalized spacial score (nSPS) is 11.1. The Hall–Kier alpha value is -3.69. The van der Waals surface area contributed by atoms with E-state index in [2.05, 4.69) is 5.32 Å². The predicted molar refractivity (Wildman–Crippen MR) is 144 cm³/mol. The van der Waals surface area contributed by atoms with Crippen molar-refractivity contribution < 1.29 is 9.59 Å². The van der Waals surface area contributed by atoms with Crippen LogP contribution in [0.2, 0.25) is 5.02 Å². The minimum Gasteiger partial charge on any atom is -0.344 e. The Balaban J connectivity index is 1.94. The molecule has 1 N–H and O–H groups in total. The molecule has 2 aromatic carbocycles. The average molecular weight is 525 g/mol. The largest absolute Gasteiger partial charge is 0.344 e. The number of hydrogen-bond donors (Lipinski definition) is 1. The standard InChI is InChI=1S/C26H25ClN4O4S/c1-14-10-11-18(15(2)12-14)28-20(32)13-30-25-21(16(3)22(36-25)24(34)29(4)5)23(33)31(26(30)35)19-9-7-6-8-17(19)27/h6-12H,13H2,1-5H3,(H,28,32). The van der Waals surface area contributed by atoms with Gasteiger partial charge in [-0.1, -0.05) is 41.4 Å². The van der Waals surface area contributed by atoms with Gasteiger partial charge in [0, 0.05) is 19.8 Å². The lowest BCUT2D eigenvalue weighted by molar-refractivity contribution is -0.116. The molecule has 0 saturated heterocycles. The van der Waals surface area contributed by atoms with E-state index in [0.29, 0.717) is 16.1 Å². The smallest absolute Gasteiger partial charge is 0.337 e. The highest BCUT2D eigenvalue weighted by molar-refractivity contribution is 7.20. The fraction of sp³-hybridized carbons (Fsp3) is 0.231. The van der Waals surface area contributed by atoms with Crippen molar-refractivity contribution >= 4 is 50.7 Å². The molecule has 8 nitrogen and oxygen atoms in total. The Kier molecular flexibility index (Phi) is 6.88. The van der Waals surface area contributed by atoms with Crippen molar-refractivity contribution in [3.8, 4) is 5.69 Å². The van der Waals surface area contributed by atoms with Crippen molar-refractivity contribution in [2.24, 2.45) is 0 Å². The van der Waals surface area contributed by atoms with Crippen LogP contribution in [0.25, 0.3) is 15.9 Å². The highest BCUT2D eigenvalue weighted by Crippen LogP contribution is 2.29. The SMILES string of the molecule is Cc1ccc(NC(=O)Cn2c(=O)n(-c3ccccc3Cl)c(=O)c3c(C)c(C(=O)N(C)C)sc32)c(C)c1. The number of anilines is 1. The van der Waals surface area contributed by atoms with E-state index in [4.69, 9.17) is 11.6 Å². The molecule has 10 heteroatoms. The number of amides is 2. The van der Waals surface area contributed by atoms with Crippen LogP contribution in [0.5, 0.6) is 0 Å². The highest BCUT2D eigenvalue weighted by atomic mass is 35.5. The maximum atomic E-state index is 13.7. The molecule has 0 aliphatic carbocycles. The summed E-state index contributed by atoms with van der Waals surface area (Å²) in [6.45, 7) is 5.15. The zero-order valence-electron chi connectivity index (χ0n) is 20.5. The number of nitrogens with one attached hydrogen (secondary N) is 1. The lowest BCUT2D eigenvalue weighted by Crippen LogP contribution is -2.40. The molecule has 4 aromatic rings. The molecule has 0 radical (unpaired) electrons. The molecule has 36 heavy (non-hydrogen) atoms. The third-order valence-electron chi connectivity index (χ3n) is 5.86. The van der Waals surface area contributed by atoms with E-state index >= 15 is 0 Å². The summed E-state index contributed by atoms with van der Waals surface area (Å²) >= 11 is 7.36. The number of fused-ring (bicyclic) bond motifs is 1. The summed E-state index contributed by atoms with van der Waals surface area (Å²) in [4.78, 5) is 55.2. The van der Waals surface area contributed by atoms with Gasteiger partial charge in [0.25, 0.3) is 11.5 Å². The number of rotatable bonds is 5. The minimum absolute atomic E-state index is 0.198. The van der Waals surface area contributed by atoms with Crippen molar-refractivity contribution in [1.29, 1.82) is 0 Å². The van der Waals surface area contributed by atoms with E-state index in [1.165, 1.54) is 9.47 Å². The van der Waals surface area contributed by atoms with Gasteiger partial charge < -0.3 is 10.2 Å². The molecular weight excluding hydrogens is 500 g/mol. The number of para-hydroxylation sites is 1. The van der Waals surface area contributed by atoms with Gasteiger partial charge in [0.15, 0.2) is 0 Å². The Morgan fingerprint density at radius 1 is 1.06 bits per heavy atom. The summed E-state index contributed by atoms with van der Waals surface area (Å²) in [7, 11) is 3.22. The number of carbonyl (C=O) groups is 2. The Bertz CT molecular complexity index is 1650. The lowest BCUT2D eigenvalue weighted by Gasteiger charge is -2.14. The van der Waals surface area contributed by atoms with Crippen LogP contribution in [0, 0.1) is 20.8 Å². The fourth-order valence-electron chi connectivity index (χ4n) is 4.03. The lowest BCUT2D eigenvalue weighted by atomic mass is 10.1. The van der Waals surface area contributed by atoms with Crippen LogP contribution in [0.15, 0.2) is 52.1 Å². The second-order valence-corrected chi connectivity index (χ2v) is 10.2. The van der Waals surface area contributed by atoms with E-state index in [1.54, 1.807) is 51.4 Å². The summed E-state index contributed by atoms with van der Waals surface area (Å²) < 4.78 is 2.18. The van der Waals surface area contributed by atoms with Crippen molar-refractivity contribution in [2.75, 3.05) is 19.4 Å². The molecule has 2 heterocycles. The number of benzene rings is 2. The number of aryl methyl sites for hydroxylation is 3. The zero-order valence-corrected chi connectivity index (χ0v) is 22.1. The molecular formula is C26H25ClN4O4S. The van der Waals surface area contributed by atoms with Crippen LogP contribution < -0.4 is 16.6 Å². The van der Waals surface area contributed by atoms with Crippen LogP contribution in [0.1, 0.15) is 26.4 Å². The monoisotopic (exact) mass is 524 g/mol. The second-order valence-electron chi connectivity index (χ2n) is 8.76. The number of carbonyl (C=O) groups excluding carboxylic acids is 2. The first-order valence-corrected chi connectivity index (χ1v) is 12.3. The maximum Gasteiger partial charge on any atom is 0.337 e. The molecule has 0 aliphatic heterocycles. The van der Waals surface area contributed by atoms with Gasteiger partial charge in [-0.05, 0) is 50.1 Å². The van der Waals surface area contributed by atoms with Crippen LogP contribution in [0.4, 0.5) is 5.69 Å². The van der Waals surface area contributed by atoms with Crippen molar-refractivity contribution in [2.45, 2.75) is 27.3 Å². The van der Waals surface area contributed by atoms with Crippen molar-refractivity contribution in [3.05, 3.63) is 89.9 Å². The molecule has 0 saturated carbocycles. The molecule has 0 unspecified atom stereocenters.